The summed E-state index contributed by atoms with van der Waals surface area (Å²) in [7, 11) is 1.78. The molecule has 70 valence electrons. The zero-order valence-electron chi connectivity index (χ0n) is 7.36. The van der Waals surface area contributed by atoms with Crippen molar-refractivity contribution in [1.29, 1.82) is 5.26 Å². The molecule has 0 aliphatic heterocycles. The van der Waals surface area contributed by atoms with Gasteiger partial charge in [-0.15, -0.1) is 11.3 Å². The van der Waals surface area contributed by atoms with E-state index in [0.717, 1.165) is 10.7 Å². The summed E-state index contributed by atoms with van der Waals surface area (Å²) in [6, 6.07) is 5.91. The summed E-state index contributed by atoms with van der Waals surface area (Å²) in [5.41, 5.74) is 0.398. The molecule has 0 saturated carbocycles. The highest BCUT2D eigenvalue weighted by molar-refractivity contribution is 7.13. The van der Waals surface area contributed by atoms with E-state index in [9.17, 15) is 0 Å². The minimum Gasteiger partial charge on any atom is -0.317 e. The van der Waals surface area contributed by atoms with Crippen LogP contribution in [0.5, 0.6) is 0 Å². The highest BCUT2D eigenvalue weighted by atomic mass is 35.5. The first-order valence-corrected chi connectivity index (χ1v) is 5.16. The van der Waals surface area contributed by atoms with E-state index in [2.05, 4.69) is 4.98 Å². The van der Waals surface area contributed by atoms with E-state index in [-0.39, 0.29) is 5.15 Å². The van der Waals surface area contributed by atoms with Crippen molar-refractivity contribution in [3.63, 3.8) is 0 Å². The second kappa shape index (κ2) is 3.45. The molecule has 2 heterocycles. The molecule has 0 aliphatic rings. The molecule has 5 heteroatoms. The number of halogens is 1. The summed E-state index contributed by atoms with van der Waals surface area (Å²) in [4.78, 5) is 5.15. The summed E-state index contributed by atoms with van der Waals surface area (Å²) in [6.45, 7) is 0. The Bertz CT molecular complexity index is 493. The Kier molecular flexibility index (Phi) is 2.28. The fourth-order valence-corrected chi connectivity index (χ4v) is 2.21. The first-order valence-electron chi connectivity index (χ1n) is 3.90. The minimum atomic E-state index is 0.262. The molecule has 0 saturated heterocycles. The second-order valence-electron chi connectivity index (χ2n) is 2.72. The van der Waals surface area contributed by atoms with Crippen LogP contribution in [0, 0.1) is 11.3 Å². The number of thiophene rings is 1. The van der Waals surface area contributed by atoms with E-state index in [1.807, 2.05) is 23.6 Å². The van der Waals surface area contributed by atoms with E-state index in [1.54, 1.807) is 23.0 Å². The van der Waals surface area contributed by atoms with Gasteiger partial charge in [0, 0.05) is 7.05 Å². The summed E-state index contributed by atoms with van der Waals surface area (Å²) in [5.74, 6) is 0.738. The van der Waals surface area contributed by atoms with Gasteiger partial charge in [0.05, 0.1) is 4.88 Å². The maximum absolute atomic E-state index is 8.82. The highest BCUT2D eigenvalue weighted by Gasteiger charge is 2.14. The molecule has 2 rings (SSSR count). The predicted molar refractivity (Wildman–Crippen MR) is 56.2 cm³/mol. The fraction of sp³-hybridized carbons (Fsp3) is 0.111. The third-order valence-corrected chi connectivity index (χ3v) is 3.03. The molecule has 0 atom stereocenters. The van der Waals surface area contributed by atoms with Crippen molar-refractivity contribution in [2.24, 2.45) is 7.05 Å². The molecule has 2 aromatic rings. The molecular weight excluding hydrogens is 218 g/mol. The quantitative estimate of drug-likeness (QED) is 0.746. The van der Waals surface area contributed by atoms with Gasteiger partial charge in [0.25, 0.3) is 0 Å². The highest BCUT2D eigenvalue weighted by Crippen LogP contribution is 2.27. The van der Waals surface area contributed by atoms with Crippen LogP contribution in [0.4, 0.5) is 0 Å². The van der Waals surface area contributed by atoms with Crippen molar-refractivity contribution in [2.45, 2.75) is 0 Å². The standard InChI is InChI=1S/C9H6ClN3S/c1-13-6(5-11)8(10)12-9(13)7-3-2-4-14-7/h2-4H,1H3. The molecule has 0 unspecified atom stereocenters. The van der Waals surface area contributed by atoms with Gasteiger partial charge in [0.1, 0.15) is 6.07 Å². The maximum Gasteiger partial charge on any atom is 0.166 e. The van der Waals surface area contributed by atoms with Crippen LogP contribution in [-0.2, 0) is 7.05 Å². The number of hydrogen-bond acceptors (Lipinski definition) is 3. The van der Waals surface area contributed by atoms with E-state index in [4.69, 9.17) is 16.9 Å². The lowest BCUT2D eigenvalue weighted by atomic mass is 10.4. The summed E-state index contributed by atoms with van der Waals surface area (Å²) < 4.78 is 1.70. The van der Waals surface area contributed by atoms with Crippen molar-refractivity contribution in [3.05, 3.63) is 28.4 Å². The smallest absolute Gasteiger partial charge is 0.166 e. The lowest BCUT2D eigenvalue weighted by Gasteiger charge is -1.97. The van der Waals surface area contributed by atoms with Gasteiger partial charge in [-0.05, 0) is 11.4 Å². The van der Waals surface area contributed by atoms with Crippen LogP contribution in [0.3, 0.4) is 0 Å². The maximum atomic E-state index is 8.82. The van der Waals surface area contributed by atoms with Gasteiger partial charge in [-0.3, -0.25) is 0 Å². The predicted octanol–water partition coefficient (Wildman–Crippen LogP) is 2.67. The van der Waals surface area contributed by atoms with Gasteiger partial charge in [-0.2, -0.15) is 5.26 Å². The molecule has 0 spiro atoms. The number of aromatic nitrogens is 2. The summed E-state index contributed by atoms with van der Waals surface area (Å²) >= 11 is 7.39. The number of hydrogen-bond donors (Lipinski definition) is 0. The molecule has 0 fully saturated rings. The molecular formula is C9H6ClN3S. The average molecular weight is 224 g/mol. The normalized spacial score (nSPS) is 10.1. The Morgan fingerprint density at radius 2 is 2.43 bits per heavy atom. The van der Waals surface area contributed by atoms with Crippen LogP contribution in [0.1, 0.15) is 5.69 Å². The van der Waals surface area contributed by atoms with Gasteiger partial charge in [-0.25, -0.2) is 4.98 Å². The Labute approximate surface area is 90.2 Å². The second-order valence-corrected chi connectivity index (χ2v) is 4.03. The van der Waals surface area contributed by atoms with Gasteiger partial charge >= 0.3 is 0 Å². The van der Waals surface area contributed by atoms with Crippen LogP contribution < -0.4 is 0 Å². The third kappa shape index (κ3) is 1.31. The number of rotatable bonds is 1. The van der Waals surface area contributed by atoms with E-state index in [0.29, 0.717) is 5.69 Å². The monoisotopic (exact) mass is 223 g/mol. The Morgan fingerprint density at radius 3 is 2.93 bits per heavy atom. The lowest BCUT2D eigenvalue weighted by Crippen LogP contribution is -1.93. The molecule has 14 heavy (non-hydrogen) atoms. The zero-order valence-corrected chi connectivity index (χ0v) is 8.93. The van der Waals surface area contributed by atoms with E-state index >= 15 is 0 Å². The molecule has 0 radical (unpaired) electrons. The number of nitrogens with zero attached hydrogens (tertiary/aromatic N) is 3. The Balaban J connectivity index is 2.63. The van der Waals surface area contributed by atoms with Gasteiger partial charge in [-0.1, -0.05) is 17.7 Å². The molecule has 0 amide bonds. The Morgan fingerprint density at radius 1 is 1.64 bits per heavy atom. The first kappa shape index (κ1) is 9.25. The summed E-state index contributed by atoms with van der Waals surface area (Å²) in [6.07, 6.45) is 0. The van der Waals surface area contributed by atoms with Crippen LogP contribution in [-0.4, -0.2) is 9.55 Å². The lowest BCUT2D eigenvalue weighted by molar-refractivity contribution is 0.910. The van der Waals surface area contributed by atoms with Crippen molar-refractivity contribution < 1.29 is 0 Å². The van der Waals surface area contributed by atoms with Crippen molar-refractivity contribution in [1.82, 2.24) is 9.55 Å². The van der Waals surface area contributed by atoms with Crippen LogP contribution in [0.15, 0.2) is 17.5 Å². The SMILES string of the molecule is Cn1c(-c2cccs2)nc(Cl)c1C#N. The average Bonchev–Trinajstić information content (AvgIpc) is 2.74. The molecule has 0 N–H and O–H groups in total. The van der Waals surface area contributed by atoms with E-state index < -0.39 is 0 Å². The van der Waals surface area contributed by atoms with Gasteiger partial charge in [0.15, 0.2) is 16.7 Å². The summed E-state index contributed by atoms with van der Waals surface area (Å²) in [5, 5.41) is 11.0. The molecule has 0 aliphatic carbocycles. The Hall–Kier alpha value is -1.31. The van der Waals surface area contributed by atoms with E-state index in [1.165, 1.54) is 0 Å². The molecule has 0 bridgehead atoms. The zero-order chi connectivity index (χ0) is 10.1. The largest absolute Gasteiger partial charge is 0.317 e. The van der Waals surface area contributed by atoms with Crippen LogP contribution >= 0.6 is 22.9 Å². The third-order valence-electron chi connectivity index (χ3n) is 1.90. The van der Waals surface area contributed by atoms with Crippen LogP contribution in [0.2, 0.25) is 5.15 Å². The van der Waals surface area contributed by atoms with Crippen molar-refractivity contribution in [3.8, 4) is 16.8 Å². The fourth-order valence-electron chi connectivity index (χ4n) is 1.21. The molecule has 2 aromatic heterocycles. The number of imidazole rings is 1. The molecule has 3 nitrogen and oxygen atoms in total. The molecule has 0 aromatic carbocycles. The van der Waals surface area contributed by atoms with Crippen molar-refractivity contribution >= 4 is 22.9 Å². The van der Waals surface area contributed by atoms with Gasteiger partial charge < -0.3 is 4.57 Å². The first-order chi connectivity index (χ1) is 6.74. The van der Waals surface area contributed by atoms with Gasteiger partial charge in [0.2, 0.25) is 0 Å². The topological polar surface area (TPSA) is 41.6 Å². The minimum absolute atomic E-state index is 0.262. The number of nitriles is 1. The van der Waals surface area contributed by atoms with Crippen LogP contribution in [0.25, 0.3) is 10.7 Å². The van der Waals surface area contributed by atoms with Crippen molar-refractivity contribution in [2.75, 3.05) is 0 Å².